The molecule has 2 N–H and O–H groups in total. The molecule has 202 valence electrons. The van der Waals surface area contributed by atoms with Crippen LogP contribution in [0.25, 0.3) is 5.76 Å². The van der Waals surface area contributed by atoms with E-state index in [0.717, 1.165) is 21.8 Å². The fraction of sp³-hybridized carbons (Fsp3) is 0.259. The number of fused-ring (bicyclic) bond motifs is 1. The van der Waals surface area contributed by atoms with Crippen LogP contribution in [0, 0.1) is 6.92 Å². The Morgan fingerprint density at radius 2 is 1.97 bits per heavy atom. The normalized spacial score (nSPS) is 19.7. The number of ether oxygens (including phenoxy) is 3. The molecular formula is C27H23BrN2O8S. The minimum Gasteiger partial charge on any atom is -0.507 e. The summed E-state index contributed by atoms with van der Waals surface area (Å²) in [7, 11) is 2.60. The van der Waals surface area contributed by atoms with Gasteiger partial charge in [-0.05, 0) is 71.2 Å². The number of Topliss-reactive ketones (excluding diaryl/α,β-unsaturated/α-hetero) is 1. The Hall–Kier alpha value is -3.90. The van der Waals surface area contributed by atoms with Gasteiger partial charge in [-0.3, -0.25) is 14.5 Å². The van der Waals surface area contributed by atoms with Gasteiger partial charge >= 0.3 is 11.9 Å². The number of hydrogen-bond donors (Lipinski definition) is 2. The Morgan fingerprint density at radius 3 is 2.67 bits per heavy atom. The highest BCUT2D eigenvalue weighted by molar-refractivity contribution is 9.10. The number of nitrogens with zero attached hydrogens (tertiary/aromatic N) is 2. The summed E-state index contributed by atoms with van der Waals surface area (Å²) < 4.78 is 16.1. The van der Waals surface area contributed by atoms with Crippen LogP contribution in [-0.4, -0.2) is 53.2 Å². The summed E-state index contributed by atoms with van der Waals surface area (Å²) in [5.41, 5.74) is 1.69. The number of phenolic OH excluding ortho intramolecular Hbond substituents is 1. The maximum atomic E-state index is 13.5. The second-order valence-electron chi connectivity index (χ2n) is 9.08. The zero-order chi connectivity index (χ0) is 28.2. The molecule has 2 atom stereocenters. The Morgan fingerprint density at radius 1 is 1.23 bits per heavy atom. The number of amides is 1. The molecule has 0 aliphatic carbocycles. The van der Waals surface area contributed by atoms with Crippen molar-refractivity contribution in [3.05, 3.63) is 67.6 Å². The van der Waals surface area contributed by atoms with Gasteiger partial charge in [0.1, 0.15) is 22.5 Å². The fourth-order valence-electron chi connectivity index (χ4n) is 4.74. The van der Waals surface area contributed by atoms with Crippen LogP contribution in [0.4, 0.5) is 5.13 Å². The monoisotopic (exact) mass is 614 g/mol. The van der Waals surface area contributed by atoms with Crippen molar-refractivity contribution in [3.8, 4) is 17.2 Å². The number of halogens is 1. The number of aromatic hydroxyl groups is 1. The van der Waals surface area contributed by atoms with E-state index in [1.807, 2.05) is 6.92 Å². The first-order chi connectivity index (χ1) is 18.5. The molecule has 0 bridgehead atoms. The molecule has 1 aromatic heterocycles. The van der Waals surface area contributed by atoms with Crippen LogP contribution in [0.3, 0.4) is 0 Å². The number of rotatable bonds is 5. The predicted molar refractivity (Wildman–Crippen MR) is 146 cm³/mol. The van der Waals surface area contributed by atoms with E-state index in [-0.39, 0.29) is 43.4 Å². The number of esters is 1. The second kappa shape index (κ2) is 10.0. The Bertz CT molecular complexity index is 1580. The van der Waals surface area contributed by atoms with Crippen molar-refractivity contribution in [2.45, 2.75) is 32.4 Å². The van der Waals surface area contributed by atoms with Gasteiger partial charge in [-0.25, -0.2) is 9.78 Å². The summed E-state index contributed by atoms with van der Waals surface area (Å²) in [5, 5.41) is 22.0. The first-order valence-electron chi connectivity index (χ1n) is 11.8. The van der Waals surface area contributed by atoms with Gasteiger partial charge in [-0.1, -0.05) is 11.3 Å². The molecule has 0 spiro atoms. The Balaban J connectivity index is 1.73. The first kappa shape index (κ1) is 26.7. The first-order valence-corrected chi connectivity index (χ1v) is 13.4. The highest BCUT2D eigenvalue weighted by Crippen LogP contribution is 2.47. The summed E-state index contributed by atoms with van der Waals surface area (Å²) in [6.45, 7) is 3.52. The van der Waals surface area contributed by atoms with Gasteiger partial charge in [-0.15, -0.1) is 0 Å². The number of aromatic nitrogens is 1. The van der Waals surface area contributed by atoms with Crippen molar-refractivity contribution in [1.82, 2.24) is 4.98 Å². The number of anilines is 1. The SMILES string of the molecule is COC(=O)c1sc(N2C(=O)C(=O)/C(=C(/O)c3ccc4c(c3)CC(C)O4)C2c2cc(Br)c(O)c(OC)c2)nc1C. The molecule has 5 rings (SSSR count). The third-order valence-corrected chi connectivity index (χ3v) is 8.30. The molecule has 1 fully saturated rings. The minimum absolute atomic E-state index is 0.0260. The average molecular weight is 615 g/mol. The number of carbonyl (C=O) groups is 3. The van der Waals surface area contributed by atoms with Crippen molar-refractivity contribution in [3.63, 3.8) is 0 Å². The zero-order valence-corrected chi connectivity index (χ0v) is 23.7. The molecule has 1 saturated heterocycles. The zero-order valence-electron chi connectivity index (χ0n) is 21.3. The number of benzene rings is 2. The number of carbonyl (C=O) groups excluding carboxylic acids is 3. The highest BCUT2D eigenvalue weighted by atomic mass is 79.9. The predicted octanol–water partition coefficient (Wildman–Crippen LogP) is 4.66. The molecule has 2 aromatic carbocycles. The Labute approximate surface area is 235 Å². The Kier molecular flexibility index (Phi) is 6.85. The number of aliphatic hydroxyl groups excluding tert-OH is 1. The quantitative estimate of drug-likeness (QED) is 0.182. The van der Waals surface area contributed by atoms with Crippen molar-refractivity contribution < 1.29 is 38.8 Å². The smallest absolute Gasteiger partial charge is 0.350 e. The summed E-state index contributed by atoms with van der Waals surface area (Å²) in [6, 6.07) is 6.90. The van der Waals surface area contributed by atoms with Gasteiger partial charge in [0, 0.05) is 12.0 Å². The number of methoxy groups -OCH3 is 2. The van der Waals surface area contributed by atoms with Gasteiger partial charge in [0.15, 0.2) is 16.6 Å². The number of hydrogen-bond acceptors (Lipinski definition) is 10. The number of aliphatic hydroxyl groups is 1. The van der Waals surface area contributed by atoms with Gasteiger partial charge in [0.25, 0.3) is 5.78 Å². The molecule has 3 heterocycles. The van der Waals surface area contributed by atoms with E-state index in [1.54, 1.807) is 25.1 Å². The van der Waals surface area contributed by atoms with Gasteiger partial charge in [-0.2, -0.15) is 0 Å². The van der Waals surface area contributed by atoms with E-state index in [0.29, 0.717) is 29.0 Å². The summed E-state index contributed by atoms with van der Waals surface area (Å²) in [4.78, 5) is 45.0. The van der Waals surface area contributed by atoms with Crippen LogP contribution in [0.1, 0.15) is 45.0 Å². The maximum Gasteiger partial charge on any atom is 0.350 e. The second-order valence-corrected chi connectivity index (χ2v) is 10.9. The van der Waals surface area contributed by atoms with E-state index in [1.165, 1.54) is 26.4 Å². The average Bonchev–Trinajstić information content (AvgIpc) is 3.56. The van der Waals surface area contributed by atoms with Crippen LogP contribution < -0.4 is 14.4 Å². The molecule has 12 heteroatoms. The van der Waals surface area contributed by atoms with Gasteiger partial charge in [0.2, 0.25) is 0 Å². The van der Waals surface area contributed by atoms with Crippen molar-refractivity contribution in [2.75, 3.05) is 19.1 Å². The number of ketones is 1. The van der Waals surface area contributed by atoms with E-state index in [9.17, 15) is 24.6 Å². The van der Waals surface area contributed by atoms with Crippen LogP contribution in [-0.2, 0) is 20.7 Å². The molecule has 0 saturated carbocycles. The fourth-order valence-corrected chi connectivity index (χ4v) is 6.22. The van der Waals surface area contributed by atoms with E-state index in [2.05, 4.69) is 20.9 Å². The molecule has 2 unspecified atom stereocenters. The van der Waals surface area contributed by atoms with E-state index < -0.39 is 23.7 Å². The summed E-state index contributed by atoms with van der Waals surface area (Å²) in [6.07, 6.45) is 0.604. The maximum absolute atomic E-state index is 13.5. The van der Waals surface area contributed by atoms with Crippen LogP contribution in [0.2, 0.25) is 0 Å². The lowest BCUT2D eigenvalue weighted by Gasteiger charge is -2.24. The third kappa shape index (κ3) is 4.43. The largest absolute Gasteiger partial charge is 0.507 e. The van der Waals surface area contributed by atoms with E-state index >= 15 is 0 Å². The van der Waals surface area contributed by atoms with Crippen molar-refractivity contribution in [1.29, 1.82) is 0 Å². The van der Waals surface area contributed by atoms with Gasteiger partial charge in [0.05, 0.1) is 36.0 Å². The molecular weight excluding hydrogens is 592 g/mol. The lowest BCUT2D eigenvalue weighted by atomic mass is 9.94. The lowest BCUT2D eigenvalue weighted by Crippen LogP contribution is -2.29. The van der Waals surface area contributed by atoms with Gasteiger partial charge < -0.3 is 24.4 Å². The standard InChI is InChI=1S/C27H23BrN2O8S/c1-11-7-14-8-13(5-6-17(14)38-11)21(31)19-20(15-9-16(28)22(32)18(10-15)36-3)30(25(34)23(19)33)27-29-12(2)24(39-27)26(35)37-4/h5-6,8-11,20,31-32H,7H2,1-4H3/b21-19+. The van der Waals surface area contributed by atoms with Crippen LogP contribution >= 0.6 is 27.3 Å². The molecule has 2 aliphatic heterocycles. The molecule has 2 aliphatic rings. The number of aryl methyl sites for hydroxylation is 1. The topological polar surface area (TPSA) is 135 Å². The molecule has 0 radical (unpaired) electrons. The molecule has 10 nitrogen and oxygen atoms in total. The number of phenols is 1. The van der Waals surface area contributed by atoms with E-state index in [4.69, 9.17) is 14.2 Å². The summed E-state index contributed by atoms with van der Waals surface area (Å²) >= 11 is 4.18. The molecule has 39 heavy (non-hydrogen) atoms. The molecule has 1 amide bonds. The highest BCUT2D eigenvalue weighted by Gasteiger charge is 2.49. The lowest BCUT2D eigenvalue weighted by molar-refractivity contribution is -0.132. The van der Waals surface area contributed by atoms with Crippen molar-refractivity contribution >= 4 is 55.8 Å². The third-order valence-electron chi connectivity index (χ3n) is 6.56. The molecule has 3 aromatic rings. The van der Waals surface area contributed by atoms with Crippen molar-refractivity contribution in [2.24, 2.45) is 0 Å². The van der Waals surface area contributed by atoms with Crippen LogP contribution in [0.15, 0.2) is 40.4 Å². The van der Waals surface area contributed by atoms with Crippen LogP contribution in [0.5, 0.6) is 17.2 Å². The number of thiazole rings is 1. The summed E-state index contributed by atoms with van der Waals surface area (Å²) in [5.74, 6) is -2.29. The minimum atomic E-state index is -1.16.